The number of likely N-dealkylation sites (tertiary alicyclic amines) is 1. The summed E-state index contributed by atoms with van der Waals surface area (Å²) in [6, 6.07) is 3.56. The van der Waals surface area contributed by atoms with E-state index in [0.29, 0.717) is 25.5 Å². The maximum atomic E-state index is 13.1. The maximum absolute atomic E-state index is 13.1. The van der Waals surface area contributed by atoms with Crippen LogP contribution in [0.5, 0.6) is 5.75 Å². The van der Waals surface area contributed by atoms with Crippen LogP contribution in [0.2, 0.25) is 0 Å². The van der Waals surface area contributed by atoms with Crippen LogP contribution in [0.4, 0.5) is 8.78 Å². The van der Waals surface area contributed by atoms with Crippen molar-refractivity contribution in [3.63, 3.8) is 0 Å². The number of aliphatic imine (C=N–C) groups is 1. The molecule has 1 saturated heterocycles. The number of carbonyl (C=O) groups is 1. The summed E-state index contributed by atoms with van der Waals surface area (Å²) in [4.78, 5) is 17.3. The van der Waals surface area contributed by atoms with Crippen molar-refractivity contribution in [3.8, 4) is 5.75 Å². The molecule has 2 N–H and O–H groups in total. The van der Waals surface area contributed by atoms with Crippen LogP contribution in [0.3, 0.4) is 0 Å². The average Bonchev–Trinajstić information content (AvgIpc) is 2.57. The van der Waals surface area contributed by atoms with Gasteiger partial charge in [-0.2, -0.15) is 0 Å². The largest absolute Gasteiger partial charge is 0.492 e. The van der Waals surface area contributed by atoms with E-state index in [0.717, 1.165) is 18.6 Å². The molecule has 2 rings (SSSR count). The number of nitrogens with zero attached hydrogens (tertiary/aromatic N) is 2. The molecular formula is C16H23F2IN4O2. The molecule has 1 aromatic rings. The van der Waals surface area contributed by atoms with Crippen molar-refractivity contribution < 1.29 is 18.3 Å². The lowest BCUT2D eigenvalue weighted by molar-refractivity contribution is -0.132. The monoisotopic (exact) mass is 468 g/mol. The molecule has 0 saturated carbocycles. The summed E-state index contributed by atoms with van der Waals surface area (Å²) in [6.45, 7) is 1.35. The normalized spacial score (nSPS) is 17.8. The Labute approximate surface area is 163 Å². The van der Waals surface area contributed by atoms with E-state index in [9.17, 15) is 13.6 Å². The standard InChI is InChI=1S/C16H22F2N4O2.HI/c1-19-16(21-11-3-6-15(23)22(2)10-11)20-7-8-24-12-4-5-13(17)14(18)9-12;/h4-5,9,11H,3,6-8,10H2,1-2H3,(H2,19,20,21);1H. The molecule has 0 radical (unpaired) electrons. The van der Waals surface area contributed by atoms with Gasteiger partial charge in [-0.25, -0.2) is 8.78 Å². The third kappa shape index (κ3) is 6.63. The Kier molecular flexibility index (Phi) is 8.87. The SMILES string of the molecule is CN=C(NCCOc1ccc(F)c(F)c1)NC1CCC(=O)N(C)C1.I. The molecule has 1 unspecified atom stereocenters. The molecular weight excluding hydrogens is 445 g/mol. The number of hydrogen-bond donors (Lipinski definition) is 2. The lowest BCUT2D eigenvalue weighted by atomic mass is 10.1. The Morgan fingerprint density at radius 2 is 2.16 bits per heavy atom. The maximum Gasteiger partial charge on any atom is 0.222 e. The first kappa shape index (κ1) is 21.4. The minimum atomic E-state index is -0.936. The number of nitrogens with one attached hydrogen (secondary N) is 2. The zero-order valence-corrected chi connectivity index (χ0v) is 16.6. The smallest absolute Gasteiger partial charge is 0.222 e. The number of amides is 1. The number of benzene rings is 1. The highest BCUT2D eigenvalue weighted by atomic mass is 127. The molecule has 9 heteroatoms. The lowest BCUT2D eigenvalue weighted by Crippen LogP contribution is -2.52. The van der Waals surface area contributed by atoms with Gasteiger partial charge in [-0.15, -0.1) is 24.0 Å². The van der Waals surface area contributed by atoms with Crippen molar-refractivity contribution in [2.45, 2.75) is 18.9 Å². The molecule has 140 valence electrons. The van der Waals surface area contributed by atoms with Crippen molar-refractivity contribution in [3.05, 3.63) is 29.8 Å². The van der Waals surface area contributed by atoms with Gasteiger partial charge in [-0.1, -0.05) is 0 Å². The summed E-state index contributed by atoms with van der Waals surface area (Å²) in [5.74, 6) is -0.812. The second-order valence-electron chi connectivity index (χ2n) is 5.58. The highest BCUT2D eigenvalue weighted by molar-refractivity contribution is 14.0. The van der Waals surface area contributed by atoms with E-state index in [2.05, 4.69) is 15.6 Å². The van der Waals surface area contributed by atoms with Gasteiger partial charge in [0.2, 0.25) is 5.91 Å². The quantitative estimate of drug-likeness (QED) is 0.299. The number of rotatable bonds is 5. The minimum absolute atomic E-state index is 0. The molecule has 25 heavy (non-hydrogen) atoms. The number of carbonyl (C=O) groups excluding carboxylic acids is 1. The summed E-state index contributed by atoms with van der Waals surface area (Å²) in [6.07, 6.45) is 1.28. The van der Waals surface area contributed by atoms with E-state index < -0.39 is 11.6 Å². The van der Waals surface area contributed by atoms with Crippen molar-refractivity contribution in [1.82, 2.24) is 15.5 Å². The molecule has 1 heterocycles. The van der Waals surface area contributed by atoms with Gasteiger partial charge in [0.05, 0.1) is 6.54 Å². The Morgan fingerprint density at radius 1 is 1.40 bits per heavy atom. The summed E-state index contributed by atoms with van der Waals surface area (Å²) >= 11 is 0. The first-order valence-electron chi connectivity index (χ1n) is 7.78. The van der Waals surface area contributed by atoms with Crippen molar-refractivity contribution in [2.75, 3.05) is 33.8 Å². The van der Waals surface area contributed by atoms with Crippen LogP contribution in [0.1, 0.15) is 12.8 Å². The van der Waals surface area contributed by atoms with Gasteiger partial charge in [-0.3, -0.25) is 9.79 Å². The molecule has 1 aliphatic heterocycles. The van der Waals surface area contributed by atoms with Gasteiger partial charge in [0.15, 0.2) is 17.6 Å². The summed E-state index contributed by atoms with van der Waals surface area (Å²) in [5.41, 5.74) is 0. The van der Waals surface area contributed by atoms with E-state index in [1.807, 2.05) is 0 Å². The first-order chi connectivity index (χ1) is 11.5. The van der Waals surface area contributed by atoms with E-state index in [-0.39, 0.29) is 48.3 Å². The van der Waals surface area contributed by atoms with Crippen LogP contribution in [0, 0.1) is 11.6 Å². The molecule has 0 spiro atoms. The molecule has 0 aliphatic carbocycles. The van der Waals surface area contributed by atoms with Gasteiger partial charge in [-0.05, 0) is 18.6 Å². The van der Waals surface area contributed by atoms with Crippen LogP contribution in [0.15, 0.2) is 23.2 Å². The molecule has 0 bridgehead atoms. The third-order valence-electron chi connectivity index (χ3n) is 3.75. The fourth-order valence-corrected chi connectivity index (χ4v) is 2.42. The fourth-order valence-electron chi connectivity index (χ4n) is 2.42. The number of hydrogen-bond acceptors (Lipinski definition) is 3. The number of guanidine groups is 1. The molecule has 1 aromatic carbocycles. The fraction of sp³-hybridized carbons (Fsp3) is 0.500. The van der Waals surface area contributed by atoms with Crippen molar-refractivity contribution in [1.29, 1.82) is 0 Å². The van der Waals surface area contributed by atoms with Crippen LogP contribution >= 0.6 is 24.0 Å². The molecule has 1 fully saturated rings. The van der Waals surface area contributed by atoms with Gasteiger partial charge >= 0.3 is 0 Å². The van der Waals surface area contributed by atoms with Gasteiger partial charge in [0, 0.05) is 39.2 Å². The predicted octanol–water partition coefficient (Wildman–Crippen LogP) is 1.75. The second kappa shape index (κ2) is 10.4. The highest BCUT2D eigenvalue weighted by Gasteiger charge is 2.23. The van der Waals surface area contributed by atoms with Gasteiger partial charge in [0.25, 0.3) is 0 Å². The third-order valence-corrected chi connectivity index (χ3v) is 3.75. The minimum Gasteiger partial charge on any atom is -0.492 e. The number of ether oxygens (including phenoxy) is 1. The highest BCUT2D eigenvalue weighted by Crippen LogP contribution is 2.15. The van der Waals surface area contributed by atoms with Crippen LogP contribution in [-0.4, -0.2) is 56.6 Å². The Morgan fingerprint density at radius 3 is 2.80 bits per heavy atom. The van der Waals surface area contributed by atoms with Crippen LogP contribution in [-0.2, 0) is 4.79 Å². The van der Waals surface area contributed by atoms with Crippen LogP contribution < -0.4 is 15.4 Å². The molecule has 1 aliphatic rings. The number of piperidine rings is 1. The lowest BCUT2D eigenvalue weighted by Gasteiger charge is -2.31. The van der Waals surface area contributed by atoms with Crippen LogP contribution in [0.25, 0.3) is 0 Å². The van der Waals surface area contributed by atoms with E-state index in [4.69, 9.17) is 4.74 Å². The molecule has 6 nitrogen and oxygen atoms in total. The summed E-state index contributed by atoms with van der Waals surface area (Å²) in [7, 11) is 3.44. The first-order valence-corrected chi connectivity index (χ1v) is 7.78. The number of halogens is 3. The Balaban J connectivity index is 0.00000312. The topological polar surface area (TPSA) is 66.0 Å². The van der Waals surface area contributed by atoms with Crippen molar-refractivity contribution >= 4 is 35.8 Å². The van der Waals surface area contributed by atoms with Gasteiger partial charge in [0.1, 0.15) is 12.4 Å². The number of likely N-dealkylation sites (N-methyl/N-ethyl adjacent to an activating group) is 1. The average molecular weight is 468 g/mol. The summed E-state index contributed by atoms with van der Waals surface area (Å²) < 4.78 is 31.2. The zero-order chi connectivity index (χ0) is 17.5. The zero-order valence-electron chi connectivity index (χ0n) is 14.2. The summed E-state index contributed by atoms with van der Waals surface area (Å²) in [5, 5.41) is 6.33. The Hall–Kier alpha value is -1.65. The molecule has 0 aromatic heterocycles. The van der Waals surface area contributed by atoms with E-state index in [1.165, 1.54) is 6.07 Å². The Bertz CT molecular complexity index is 616. The van der Waals surface area contributed by atoms with Gasteiger partial charge < -0.3 is 20.3 Å². The van der Waals surface area contributed by atoms with E-state index in [1.54, 1.807) is 19.0 Å². The molecule has 1 amide bonds. The molecule has 1 atom stereocenters. The second-order valence-corrected chi connectivity index (χ2v) is 5.58. The predicted molar refractivity (Wildman–Crippen MR) is 102 cm³/mol. The van der Waals surface area contributed by atoms with E-state index >= 15 is 0 Å². The van der Waals surface area contributed by atoms with Crippen molar-refractivity contribution in [2.24, 2.45) is 4.99 Å².